The van der Waals surface area contributed by atoms with Gasteiger partial charge in [-0.3, -0.25) is 0 Å². The van der Waals surface area contributed by atoms with Crippen LogP contribution in [0.3, 0.4) is 0 Å². The third kappa shape index (κ3) is 2.67. The molecule has 0 aromatic carbocycles. The minimum atomic E-state index is 0.587. The molecule has 0 amide bonds. The summed E-state index contributed by atoms with van der Waals surface area (Å²) < 4.78 is 0. The summed E-state index contributed by atoms with van der Waals surface area (Å²) in [7, 11) is 2.12. The van der Waals surface area contributed by atoms with Crippen LogP contribution < -0.4 is 5.32 Å². The van der Waals surface area contributed by atoms with E-state index in [2.05, 4.69) is 30.7 Å². The summed E-state index contributed by atoms with van der Waals surface area (Å²) in [5.41, 5.74) is 1.54. The fourth-order valence-corrected chi connectivity index (χ4v) is 3.76. The second kappa shape index (κ2) is 5.83. The van der Waals surface area contributed by atoms with Gasteiger partial charge in [-0.05, 0) is 49.7 Å². The highest BCUT2D eigenvalue weighted by Gasteiger charge is 2.24. The maximum absolute atomic E-state index is 3.55. The van der Waals surface area contributed by atoms with Gasteiger partial charge in [0.05, 0.1) is 0 Å². The van der Waals surface area contributed by atoms with Crippen molar-refractivity contribution in [1.82, 2.24) is 5.32 Å². The third-order valence-corrected chi connectivity index (χ3v) is 4.78. The van der Waals surface area contributed by atoms with Gasteiger partial charge in [0.2, 0.25) is 0 Å². The Balaban J connectivity index is 2.12. The molecule has 16 heavy (non-hydrogen) atoms. The molecule has 0 saturated heterocycles. The van der Waals surface area contributed by atoms with Crippen molar-refractivity contribution in [2.75, 3.05) is 7.05 Å². The first-order chi connectivity index (χ1) is 7.83. The summed E-state index contributed by atoms with van der Waals surface area (Å²) in [6.07, 6.45) is 8.53. The van der Waals surface area contributed by atoms with E-state index in [9.17, 15) is 0 Å². The van der Waals surface area contributed by atoms with Crippen LogP contribution in [0.2, 0.25) is 0 Å². The van der Waals surface area contributed by atoms with Crippen molar-refractivity contribution >= 4 is 11.3 Å². The Morgan fingerprint density at radius 3 is 2.44 bits per heavy atom. The lowest BCUT2D eigenvalue weighted by atomic mass is 9.87. The number of hydrogen-bond donors (Lipinski definition) is 1. The van der Waals surface area contributed by atoms with E-state index < -0.39 is 0 Å². The van der Waals surface area contributed by atoms with Crippen molar-refractivity contribution in [1.29, 1.82) is 0 Å². The quantitative estimate of drug-likeness (QED) is 0.773. The number of aryl methyl sites for hydroxylation is 1. The molecule has 2 rings (SSSR count). The van der Waals surface area contributed by atoms with Crippen molar-refractivity contribution in [2.24, 2.45) is 5.92 Å². The van der Waals surface area contributed by atoms with Gasteiger partial charge in [-0.1, -0.05) is 25.7 Å². The zero-order valence-corrected chi connectivity index (χ0v) is 11.3. The van der Waals surface area contributed by atoms with Crippen molar-refractivity contribution in [2.45, 2.75) is 51.5 Å². The van der Waals surface area contributed by atoms with Crippen LogP contribution in [0.25, 0.3) is 0 Å². The molecule has 1 fully saturated rings. The molecule has 2 heteroatoms. The average molecular weight is 237 g/mol. The number of hydrogen-bond acceptors (Lipinski definition) is 2. The van der Waals surface area contributed by atoms with Gasteiger partial charge >= 0.3 is 0 Å². The van der Waals surface area contributed by atoms with Gasteiger partial charge in [-0.25, -0.2) is 0 Å². The Bertz CT molecular complexity index is 310. The van der Waals surface area contributed by atoms with Crippen LogP contribution >= 0.6 is 11.3 Å². The van der Waals surface area contributed by atoms with E-state index in [1.165, 1.54) is 43.4 Å². The molecule has 1 heterocycles. The maximum Gasteiger partial charge on any atom is 0.0357 e. The summed E-state index contributed by atoms with van der Waals surface area (Å²) in [5.74, 6) is 0.848. The van der Waals surface area contributed by atoms with E-state index in [0.29, 0.717) is 6.04 Å². The first kappa shape index (κ1) is 12.1. The number of nitrogens with one attached hydrogen (secondary N) is 1. The van der Waals surface area contributed by atoms with Crippen molar-refractivity contribution in [3.8, 4) is 0 Å². The van der Waals surface area contributed by atoms with Crippen molar-refractivity contribution < 1.29 is 0 Å². The number of thiophene rings is 1. The van der Waals surface area contributed by atoms with Crippen molar-refractivity contribution in [3.05, 3.63) is 21.9 Å². The van der Waals surface area contributed by atoms with Gasteiger partial charge in [0, 0.05) is 10.9 Å². The maximum atomic E-state index is 3.55. The zero-order chi connectivity index (χ0) is 11.4. The molecule has 1 aliphatic carbocycles. The van der Waals surface area contributed by atoms with Gasteiger partial charge in [-0.15, -0.1) is 11.3 Å². The van der Waals surface area contributed by atoms with Gasteiger partial charge in [0.15, 0.2) is 0 Å². The molecular formula is C14H23NS. The molecule has 1 N–H and O–H groups in total. The lowest BCUT2D eigenvalue weighted by Crippen LogP contribution is -2.25. The highest BCUT2D eigenvalue weighted by Crippen LogP contribution is 2.35. The molecule has 0 radical (unpaired) electrons. The fraction of sp³-hybridized carbons (Fsp3) is 0.714. The molecular weight excluding hydrogens is 214 g/mol. The highest BCUT2D eigenvalue weighted by atomic mass is 32.1. The largest absolute Gasteiger partial charge is 0.313 e. The average Bonchev–Trinajstić information content (AvgIpc) is 2.57. The predicted octanol–water partition coefficient (Wildman–Crippen LogP) is 4.29. The van der Waals surface area contributed by atoms with Crippen LogP contribution in [0.1, 0.15) is 55.0 Å². The molecule has 90 valence electrons. The van der Waals surface area contributed by atoms with Gasteiger partial charge in [-0.2, -0.15) is 0 Å². The Morgan fingerprint density at radius 2 is 1.94 bits per heavy atom. The minimum Gasteiger partial charge on any atom is -0.313 e. The highest BCUT2D eigenvalue weighted by molar-refractivity contribution is 7.10. The van der Waals surface area contributed by atoms with Gasteiger partial charge in [0.25, 0.3) is 0 Å². The SMILES string of the molecule is CNC(c1ccsc1C)C1CCCCCC1. The summed E-state index contributed by atoms with van der Waals surface area (Å²) in [6.45, 7) is 2.25. The predicted molar refractivity (Wildman–Crippen MR) is 72.0 cm³/mol. The molecule has 1 aliphatic rings. The van der Waals surface area contributed by atoms with Gasteiger partial charge < -0.3 is 5.32 Å². The first-order valence-corrected chi connectivity index (χ1v) is 7.42. The van der Waals surface area contributed by atoms with Crippen LogP contribution in [0.5, 0.6) is 0 Å². The van der Waals surface area contributed by atoms with Crippen LogP contribution in [0.4, 0.5) is 0 Å². The standard InChI is InChI=1S/C14H23NS/c1-11-13(9-10-16-11)14(15-2)12-7-5-3-4-6-8-12/h9-10,12,14-15H,3-8H2,1-2H3. The molecule has 1 unspecified atom stereocenters. The molecule has 1 aromatic heterocycles. The Labute approximate surface area is 103 Å². The second-order valence-corrected chi connectivity index (χ2v) is 6.07. The molecule has 1 aromatic rings. The lowest BCUT2D eigenvalue weighted by Gasteiger charge is -2.26. The van der Waals surface area contributed by atoms with E-state index in [-0.39, 0.29) is 0 Å². The Hall–Kier alpha value is -0.340. The lowest BCUT2D eigenvalue weighted by molar-refractivity contribution is 0.341. The van der Waals surface area contributed by atoms with E-state index in [0.717, 1.165) is 5.92 Å². The summed E-state index contributed by atoms with van der Waals surface area (Å²) in [6, 6.07) is 2.90. The topological polar surface area (TPSA) is 12.0 Å². The third-order valence-electron chi connectivity index (χ3n) is 3.92. The first-order valence-electron chi connectivity index (χ1n) is 6.54. The van der Waals surface area contributed by atoms with Crippen LogP contribution in [-0.4, -0.2) is 7.05 Å². The molecule has 0 aliphatic heterocycles. The van der Waals surface area contributed by atoms with E-state index >= 15 is 0 Å². The number of rotatable bonds is 3. The Morgan fingerprint density at radius 1 is 1.25 bits per heavy atom. The fourth-order valence-electron chi connectivity index (χ4n) is 3.01. The zero-order valence-electron chi connectivity index (χ0n) is 10.5. The van der Waals surface area contributed by atoms with Crippen LogP contribution in [0.15, 0.2) is 11.4 Å². The van der Waals surface area contributed by atoms with Crippen LogP contribution in [-0.2, 0) is 0 Å². The molecule has 1 atom stereocenters. The molecule has 1 nitrogen and oxygen atoms in total. The normalized spacial score (nSPS) is 20.6. The molecule has 0 bridgehead atoms. The smallest absolute Gasteiger partial charge is 0.0357 e. The molecule has 1 saturated carbocycles. The second-order valence-electron chi connectivity index (χ2n) is 4.95. The monoisotopic (exact) mass is 237 g/mol. The Kier molecular flexibility index (Phi) is 4.42. The molecule has 0 spiro atoms. The minimum absolute atomic E-state index is 0.587. The van der Waals surface area contributed by atoms with E-state index in [1.54, 1.807) is 5.56 Å². The van der Waals surface area contributed by atoms with E-state index in [1.807, 2.05) is 11.3 Å². The summed E-state index contributed by atoms with van der Waals surface area (Å²) in [5, 5.41) is 5.78. The van der Waals surface area contributed by atoms with Crippen molar-refractivity contribution in [3.63, 3.8) is 0 Å². The van der Waals surface area contributed by atoms with Crippen LogP contribution in [0, 0.1) is 12.8 Å². The summed E-state index contributed by atoms with van der Waals surface area (Å²) in [4.78, 5) is 1.49. The summed E-state index contributed by atoms with van der Waals surface area (Å²) >= 11 is 1.88. The van der Waals surface area contributed by atoms with E-state index in [4.69, 9.17) is 0 Å². The van der Waals surface area contributed by atoms with Gasteiger partial charge in [0.1, 0.15) is 0 Å².